The van der Waals surface area contributed by atoms with Crippen LogP contribution in [0.2, 0.25) is 0 Å². The van der Waals surface area contributed by atoms with E-state index in [1.165, 1.54) is 17.8 Å². The average molecular weight is 517 g/mol. The van der Waals surface area contributed by atoms with Crippen LogP contribution in [0.1, 0.15) is 35.6 Å². The molecule has 2 aliphatic rings. The van der Waals surface area contributed by atoms with Crippen LogP contribution >= 0.6 is 11.8 Å². The van der Waals surface area contributed by atoms with Gasteiger partial charge in [0.15, 0.2) is 5.17 Å². The van der Waals surface area contributed by atoms with Gasteiger partial charge in [-0.15, -0.1) is 0 Å². The van der Waals surface area contributed by atoms with Gasteiger partial charge >= 0.3 is 0 Å². The zero-order chi connectivity index (χ0) is 25.9. The van der Waals surface area contributed by atoms with E-state index in [1.807, 2.05) is 54.6 Å². The largest absolute Gasteiger partial charge is 0.497 e. The first-order valence-corrected chi connectivity index (χ1v) is 12.7. The van der Waals surface area contributed by atoms with Crippen molar-refractivity contribution < 1.29 is 18.7 Å². The molecular weight excluding hydrogens is 491 g/mol. The molecule has 7 nitrogen and oxygen atoms in total. The van der Waals surface area contributed by atoms with Gasteiger partial charge in [-0.1, -0.05) is 60.3 Å². The van der Waals surface area contributed by atoms with Crippen molar-refractivity contribution in [3.8, 4) is 5.75 Å². The molecular formula is C28H25FN4O3S. The fourth-order valence-electron chi connectivity index (χ4n) is 4.25. The number of aliphatic imine (C=N–C) groups is 1. The number of nitrogens with zero attached hydrogens (tertiary/aromatic N) is 3. The molecule has 0 spiro atoms. The molecule has 2 unspecified atom stereocenters. The molecule has 0 aliphatic carbocycles. The summed E-state index contributed by atoms with van der Waals surface area (Å²) in [6.07, 6.45) is 0.539. The summed E-state index contributed by atoms with van der Waals surface area (Å²) in [6, 6.07) is 22.0. The van der Waals surface area contributed by atoms with E-state index in [2.05, 4.69) is 10.3 Å². The number of benzene rings is 3. The van der Waals surface area contributed by atoms with Crippen molar-refractivity contribution >= 4 is 40.1 Å². The number of hydrogen-bond donors (Lipinski definition) is 1. The van der Waals surface area contributed by atoms with Crippen molar-refractivity contribution in [3.05, 3.63) is 95.3 Å². The number of aryl methyl sites for hydroxylation is 1. The van der Waals surface area contributed by atoms with Gasteiger partial charge in [0.2, 0.25) is 5.91 Å². The Hall–Kier alpha value is -3.98. The maximum atomic E-state index is 13.8. The number of carbonyl (C=O) groups excluding carboxylic acids is 2. The average Bonchev–Trinajstić information content (AvgIpc) is 3.51. The summed E-state index contributed by atoms with van der Waals surface area (Å²) in [6.45, 7) is 1.65. The third kappa shape index (κ3) is 5.41. The highest BCUT2D eigenvalue weighted by atomic mass is 32.2. The van der Waals surface area contributed by atoms with Crippen molar-refractivity contribution in [3.63, 3.8) is 0 Å². The van der Waals surface area contributed by atoms with E-state index in [0.717, 1.165) is 22.6 Å². The van der Waals surface area contributed by atoms with Crippen LogP contribution in [-0.4, -0.2) is 40.1 Å². The minimum Gasteiger partial charge on any atom is -0.497 e. The highest BCUT2D eigenvalue weighted by Gasteiger charge is 2.39. The Labute approximate surface area is 218 Å². The van der Waals surface area contributed by atoms with E-state index in [0.29, 0.717) is 22.8 Å². The summed E-state index contributed by atoms with van der Waals surface area (Å²) >= 11 is 1.22. The lowest BCUT2D eigenvalue weighted by molar-refractivity contribution is -0.121. The number of anilines is 1. The van der Waals surface area contributed by atoms with Gasteiger partial charge in [0.05, 0.1) is 18.9 Å². The molecule has 2 amide bonds. The number of rotatable bonds is 6. The van der Waals surface area contributed by atoms with Gasteiger partial charge in [0, 0.05) is 24.1 Å². The van der Waals surface area contributed by atoms with Gasteiger partial charge in [-0.25, -0.2) is 9.40 Å². The topological polar surface area (TPSA) is 83.4 Å². The summed E-state index contributed by atoms with van der Waals surface area (Å²) in [4.78, 5) is 29.7. The number of thioether (sulfide) groups is 1. The second-order valence-electron chi connectivity index (χ2n) is 8.81. The Bertz CT molecular complexity index is 1410. The SMILES string of the molecule is COc1cccc(C2=NN(C3=NC(=O)C(CC(=O)Nc4ccc(C)c(F)c4)S3)C(c3ccccc3)C2)c1. The standard InChI is InChI=1S/C28H25FN4O3S/c1-17-11-12-20(14-22(17)29)30-26(34)16-25-27(35)31-28(37-25)33-24(18-7-4-3-5-8-18)15-23(32-33)19-9-6-10-21(13-19)36-2/h3-14,24-25H,15-16H2,1-2H3,(H,30,34). The van der Waals surface area contributed by atoms with E-state index in [-0.39, 0.29) is 24.3 Å². The number of amidine groups is 1. The van der Waals surface area contributed by atoms with Crippen LogP contribution in [0.4, 0.5) is 10.1 Å². The molecule has 5 rings (SSSR count). The molecule has 3 aromatic rings. The van der Waals surface area contributed by atoms with Gasteiger partial charge in [-0.05, 0) is 42.3 Å². The van der Waals surface area contributed by atoms with Crippen LogP contribution in [0.5, 0.6) is 5.75 Å². The molecule has 0 radical (unpaired) electrons. The van der Waals surface area contributed by atoms with Crippen molar-refractivity contribution in [2.75, 3.05) is 12.4 Å². The van der Waals surface area contributed by atoms with Crippen molar-refractivity contribution in [1.29, 1.82) is 0 Å². The normalized spacial score (nSPS) is 19.0. The number of hydrazone groups is 1. The number of halogens is 1. The first kappa shape index (κ1) is 24.7. The van der Waals surface area contributed by atoms with Gasteiger partial charge < -0.3 is 10.1 Å². The minimum atomic E-state index is -0.683. The summed E-state index contributed by atoms with van der Waals surface area (Å²) < 4.78 is 19.2. The number of carbonyl (C=O) groups is 2. The summed E-state index contributed by atoms with van der Waals surface area (Å²) in [7, 11) is 1.62. The van der Waals surface area contributed by atoms with Crippen molar-refractivity contribution in [1.82, 2.24) is 5.01 Å². The smallest absolute Gasteiger partial charge is 0.262 e. The van der Waals surface area contributed by atoms with Crippen LogP contribution in [0.3, 0.4) is 0 Å². The molecule has 2 atom stereocenters. The zero-order valence-corrected chi connectivity index (χ0v) is 21.2. The van der Waals surface area contributed by atoms with Gasteiger partial charge in [0.25, 0.3) is 5.91 Å². The zero-order valence-electron chi connectivity index (χ0n) is 20.3. The Morgan fingerprint density at radius 3 is 2.70 bits per heavy atom. The Morgan fingerprint density at radius 2 is 1.95 bits per heavy atom. The third-order valence-corrected chi connectivity index (χ3v) is 7.39. The lowest BCUT2D eigenvalue weighted by Gasteiger charge is -2.23. The Kier molecular flexibility index (Phi) is 7.05. The molecule has 0 saturated heterocycles. The number of nitrogens with one attached hydrogen (secondary N) is 1. The quantitative estimate of drug-likeness (QED) is 0.480. The highest BCUT2D eigenvalue weighted by molar-refractivity contribution is 8.15. The molecule has 9 heteroatoms. The third-order valence-electron chi connectivity index (χ3n) is 6.25. The Morgan fingerprint density at radius 1 is 1.14 bits per heavy atom. The van der Waals surface area contributed by atoms with Crippen molar-refractivity contribution in [2.45, 2.75) is 31.1 Å². The molecule has 0 fully saturated rings. The lowest BCUT2D eigenvalue weighted by atomic mass is 9.98. The molecule has 188 valence electrons. The van der Waals surface area contributed by atoms with Crippen LogP contribution < -0.4 is 10.1 Å². The second kappa shape index (κ2) is 10.6. The predicted octanol–water partition coefficient (Wildman–Crippen LogP) is 5.32. The monoisotopic (exact) mass is 516 g/mol. The highest BCUT2D eigenvalue weighted by Crippen LogP contribution is 2.38. The fourth-order valence-corrected chi connectivity index (χ4v) is 5.32. The Balaban J connectivity index is 1.34. The number of ether oxygens (including phenoxy) is 1. The van der Waals surface area contributed by atoms with E-state index < -0.39 is 11.1 Å². The minimum absolute atomic E-state index is 0.0811. The predicted molar refractivity (Wildman–Crippen MR) is 143 cm³/mol. The van der Waals surface area contributed by atoms with E-state index in [1.54, 1.807) is 31.2 Å². The maximum Gasteiger partial charge on any atom is 0.262 e. The summed E-state index contributed by atoms with van der Waals surface area (Å²) in [5.41, 5.74) is 3.67. The van der Waals surface area contributed by atoms with Gasteiger partial charge in [-0.2, -0.15) is 10.1 Å². The van der Waals surface area contributed by atoms with E-state index >= 15 is 0 Å². The van der Waals surface area contributed by atoms with Gasteiger partial charge in [-0.3, -0.25) is 9.59 Å². The maximum absolute atomic E-state index is 13.8. The molecule has 2 heterocycles. The molecule has 1 N–H and O–H groups in total. The van der Waals surface area contributed by atoms with Crippen LogP contribution in [0.25, 0.3) is 0 Å². The first-order valence-electron chi connectivity index (χ1n) is 11.8. The summed E-state index contributed by atoms with van der Waals surface area (Å²) in [5.74, 6) is -0.438. The van der Waals surface area contributed by atoms with Crippen LogP contribution in [-0.2, 0) is 9.59 Å². The van der Waals surface area contributed by atoms with E-state index in [9.17, 15) is 14.0 Å². The number of methoxy groups -OCH3 is 1. The molecule has 3 aromatic carbocycles. The fraction of sp³-hybridized carbons (Fsp3) is 0.214. The molecule has 0 aromatic heterocycles. The van der Waals surface area contributed by atoms with Crippen molar-refractivity contribution in [2.24, 2.45) is 10.1 Å². The number of hydrogen-bond acceptors (Lipinski definition) is 6. The van der Waals surface area contributed by atoms with Gasteiger partial charge in [0.1, 0.15) is 16.8 Å². The number of amides is 2. The molecule has 0 bridgehead atoms. The van der Waals surface area contributed by atoms with Crippen LogP contribution in [0, 0.1) is 12.7 Å². The lowest BCUT2D eigenvalue weighted by Crippen LogP contribution is -2.25. The second-order valence-corrected chi connectivity index (χ2v) is 9.98. The van der Waals surface area contributed by atoms with E-state index in [4.69, 9.17) is 9.84 Å². The summed E-state index contributed by atoms with van der Waals surface area (Å²) in [5, 5.41) is 9.07. The molecule has 2 aliphatic heterocycles. The first-order chi connectivity index (χ1) is 17.9. The van der Waals surface area contributed by atoms with Crippen LogP contribution in [0.15, 0.2) is 82.9 Å². The molecule has 37 heavy (non-hydrogen) atoms. The molecule has 0 saturated carbocycles.